The molecule has 0 aliphatic rings. The van der Waals surface area contributed by atoms with Gasteiger partial charge in [0.25, 0.3) is 16.1 Å². The molecule has 0 fully saturated rings. The van der Waals surface area contributed by atoms with Crippen LogP contribution in [0.1, 0.15) is 0 Å². The van der Waals surface area contributed by atoms with E-state index in [0.29, 0.717) is 12.1 Å². The van der Waals surface area contributed by atoms with Gasteiger partial charge in [-0.25, -0.2) is 13.6 Å². The number of isocyanates is 1. The first kappa shape index (κ1) is 10.5. The standard InChI is InChI=1S/C7H3F2NO3S/c8-5-1-2-7(6(9)3-5)14(12,13)10-4-11/h1-3H. The van der Waals surface area contributed by atoms with Crippen molar-refractivity contribution < 1.29 is 22.0 Å². The zero-order chi connectivity index (χ0) is 10.8. The molecule has 0 saturated carbocycles. The summed E-state index contributed by atoms with van der Waals surface area (Å²) in [7, 11) is -4.40. The lowest BCUT2D eigenvalue weighted by Crippen LogP contribution is -2.00. The zero-order valence-electron chi connectivity index (χ0n) is 6.57. The third-order valence-corrected chi connectivity index (χ3v) is 2.53. The Hall–Kier alpha value is -1.59. The van der Waals surface area contributed by atoms with E-state index in [1.165, 1.54) is 0 Å². The van der Waals surface area contributed by atoms with Crippen LogP contribution in [0.4, 0.5) is 8.78 Å². The maximum Gasteiger partial charge on any atom is 0.295 e. The summed E-state index contributed by atoms with van der Waals surface area (Å²) in [6, 6.07) is 1.81. The van der Waals surface area contributed by atoms with Crippen molar-refractivity contribution in [1.29, 1.82) is 0 Å². The second-order valence-corrected chi connectivity index (χ2v) is 3.80. The van der Waals surface area contributed by atoms with Crippen molar-refractivity contribution in [3.63, 3.8) is 0 Å². The highest BCUT2D eigenvalue weighted by Gasteiger charge is 2.18. The van der Waals surface area contributed by atoms with Gasteiger partial charge in [-0.1, -0.05) is 4.40 Å². The van der Waals surface area contributed by atoms with Gasteiger partial charge in [-0.05, 0) is 12.1 Å². The summed E-state index contributed by atoms with van der Waals surface area (Å²) in [5, 5.41) is 0. The van der Waals surface area contributed by atoms with Crippen molar-refractivity contribution >= 4 is 16.1 Å². The molecule has 7 heteroatoms. The van der Waals surface area contributed by atoms with Crippen LogP contribution in [0, 0.1) is 11.6 Å². The first-order valence-electron chi connectivity index (χ1n) is 3.26. The van der Waals surface area contributed by atoms with E-state index in [2.05, 4.69) is 4.40 Å². The first-order valence-corrected chi connectivity index (χ1v) is 4.70. The Balaban J connectivity index is 3.41. The van der Waals surface area contributed by atoms with Crippen molar-refractivity contribution in [3.05, 3.63) is 29.8 Å². The van der Waals surface area contributed by atoms with E-state index >= 15 is 0 Å². The number of sulfonamides is 1. The molecular weight excluding hydrogens is 216 g/mol. The second-order valence-electron chi connectivity index (χ2n) is 2.23. The largest absolute Gasteiger partial charge is 0.295 e. The molecule has 0 aliphatic heterocycles. The fourth-order valence-corrected chi connectivity index (χ4v) is 1.52. The van der Waals surface area contributed by atoms with Crippen molar-refractivity contribution in [2.75, 3.05) is 0 Å². The third-order valence-electron chi connectivity index (χ3n) is 1.33. The molecular formula is C7H3F2NO3S. The van der Waals surface area contributed by atoms with Gasteiger partial charge in [0.2, 0.25) is 0 Å². The minimum atomic E-state index is -4.40. The Labute approximate surface area is 77.9 Å². The lowest BCUT2D eigenvalue weighted by atomic mass is 10.3. The monoisotopic (exact) mass is 219 g/mol. The molecule has 0 heterocycles. The lowest BCUT2D eigenvalue weighted by molar-refractivity contribution is 0.548. The highest BCUT2D eigenvalue weighted by molar-refractivity contribution is 7.90. The molecule has 14 heavy (non-hydrogen) atoms. The van der Waals surface area contributed by atoms with Crippen LogP contribution in [0.5, 0.6) is 0 Å². The van der Waals surface area contributed by atoms with E-state index in [1.54, 1.807) is 0 Å². The molecule has 0 aromatic heterocycles. The van der Waals surface area contributed by atoms with Gasteiger partial charge in [-0.2, -0.15) is 8.42 Å². The van der Waals surface area contributed by atoms with Crippen molar-refractivity contribution in [2.45, 2.75) is 4.90 Å². The quantitative estimate of drug-likeness (QED) is 0.550. The molecule has 0 atom stereocenters. The van der Waals surface area contributed by atoms with E-state index < -0.39 is 26.6 Å². The van der Waals surface area contributed by atoms with Gasteiger partial charge in [0.1, 0.15) is 16.5 Å². The molecule has 0 bridgehead atoms. The Kier molecular flexibility index (Phi) is 2.73. The number of nitrogens with zero attached hydrogens (tertiary/aromatic N) is 1. The van der Waals surface area contributed by atoms with Crippen LogP contribution in [0.3, 0.4) is 0 Å². The van der Waals surface area contributed by atoms with E-state index in [9.17, 15) is 22.0 Å². The topological polar surface area (TPSA) is 63.6 Å². The molecule has 1 rings (SSSR count). The lowest BCUT2D eigenvalue weighted by Gasteiger charge is -1.97. The van der Waals surface area contributed by atoms with Gasteiger partial charge in [-0.15, -0.1) is 0 Å². The number of hydrogen-bond donors (Lipinski definition) is 0. The normalized spacial score (nSPS) is 10.7. The van der Waals surface area contributed by atoms with Gasteiger partial charge in [0, 0.05) is 6.07 Å². The SMILES string of the molecule is O=C=NS(=O)(=O)c1ccc(F)cc1F. The van der Waals surface area contributed by atoms with Gasteiger partial charge in [0.15, 0.2) is 0 Å². The number of halogens is 2. The van der Waals surface area contributed by atoms with Crippen LogP contribution < -0.4 is 0 Å². The molecule has 0 N–H and O–H groups in total. The minimum Gasteiger partial charge on any atom is -0.210 e. The van der Waals surface area contributed by atoms with Crippen LogP contribution in [-0.2, 0) is 14.8 Å². The van der Waals surface area contributed by atoms with Crippen LogP contribution in [0.25, 0.3) is 0 Å². The molecule has 0 radical (unpaired) electrons. The summed E-state index contributed by atoms with van der Waals surface area (Å²) in [6.07, 6.45) is 0.775. The molecule has 4 nitrogen and oxygen atoms in total. The molecule has 74 valence electrons. The third kappa shape index (κ3) is 2.01. The van der Waals surface area contributed by atoms with Crippen LogP contribution in [0.15, 0.2) is 27.5 Å². The van der Waals surface area contributed by atoms with Gasteiger partial charge in [-0.3, -0.25) is 0 Å². The summed E-state index contributed by atoms with van der Waals surface area (Å²) in [6.45, 7) is 0. The fraction of sp³-hybridized carbons (Fsp3) is 0. The average Bonchev–Trinajstić information content (AvgIpc) is 2.02. The molecule has 1 aromatic rings. The molecule has 0 spiro atoms. The number of rotatable bonds is 2. The van der Waals surface area contributed by atoms with Gasteiger partial charge >= 0.3 is 0 Å². The summed E-state index contributed by atoms with van der Waals surface area (Å²) in [5.74, 6) is -2.22. The molecule has 1 aromatic carbocycles. The maximum absolute atomic E-state index is 12.9. The molecule has 0 aliphatic carbocycles. The summed E-state index contributed by atoms with van der Waals surface area (Å²) in [4.78, 5) is 8.85. The van der Waals surface area contributed by atoms with Crippen molar-refractivity contribution in [1.82, 2.24) is 0 Å². The Bertz CT molecular complexity index is 506. The predicted octanol–water partition coefficient (Wildman–Crippen LogP) is 0.989. The summed E-state index contributed by atoms with van der Waals surface area (Å²) in [5.41, 5.74) is 0. The summed E-state index contributed by atoms with van der Waals surface area (Å²) >= 11 is 0. The molecule has 0 amide bonds. The van der Waals surface area contributed by atoms with Crippen LogP contribution >= 0.6 is 0 Å². The Morgan fingerprint density at radius 2 is 1.93 bits per heavy atom. The number of carbonyl (C=O) groups excluding carboxylic acids is 1. The Morgan fingerprint density at radius 3 is 2.43 bits per heavy atom. The molecule has 0 saturated heterocycles. The van der Waals surface area contributed by atoms with Gasteiger partial charge < -0.3 is 0 Å². The highest BCUT2D eigenvalue weighted by atomic mass is 32.2. The smallest absolute Gasteiger partial charge is 0.210 e. The fourth-order valence-electron chi connectivity index (χ4n) is 0.783. The van der Waals surface area contributed by atoms with Gasteiger partial charge in [0.05, 0.1) is 0 Å². The van der Waals surface area contributed by atoms with Crippen LogP contribution in [-0.4, -0.2) is 14.5 Å². The number of benzene rings is 1. The minimum absolute atomic E-state index is 0.382. The van der Waals surface area contributed by atoms with Crippen LogP contribution in [0.2, 0.25) is 0 Å². The highest BCUT2D eigenvalue weighted by Crippen LogP contribution is 2.16. The predicted molar refractivity (Wildman–Crippen MR) is 41.7 cm³/mol. The van der Waals surface area contributed by atoms with Crippen molar-refractivity contribution in [2.24, 2.45) is 4.40 Å². The number of hydrogen-bond acceptors (Lipinski definition) is 3. The van der Waals surface area contributed by atoms with E-state index in [0.717, 1.165) is 12.1 Å². The molecule has 0 unspecified atom stereocenters. The summed E-state index contributed by atoms with van der Waals surface area (Å²) < 4.78 is 49.6. The first-order chi connectivity index (χ1) is 6.47. The van der Waals surface area contributed by atoms with Crippen molar-refractivity contribution in [3.8, 4) is 0 Å². The second kappa shape index (κ2) is 3.65. The van der Waals surface area contributed by atoms with E-state index in [-0.39, 0.29) is 0 Å². The average molecular weight is 219 g/mol. The zero-order valence-corrected chi connectivity index (χ0v) is 7.38. The van der Waals surface area contributed by atoms with E-state index in [4.69, 9.17) is 0 Å². The van der Waals surface area contributed by atoms with E-state index in [1.807, 2.05) is 0 Å². The maximum atomic E-state index is 12.9. The Morgan fingerprint density at radius 1 is 1.29 bits per heavy atom.